The molecule has 1 unspecified atom stereocenters. The number of fused-ring (bicyclic) bond motifs is 3. The molecular weight excluding hydrogens is 388 g/mol. The van der Waals surface area contributed by atoms with Crippen LogP contribution in [-0.2, 0) is 19.5 Å². The third kappa shape index (κ3) is 3.18. The summed E-state index contributed by atoms with van der Waals surface area (Å²) in [5.74, 6) is 1.53. The van der Waals surface area contributed by atoms with E-state index in [4.69, 9.17) is 9.97 Å². The lowest BCUT2D eigenvalue weighted by atomic mass is 10.1. The molecule has 0 aromatic heterocycles. The lowest BCUT2D eigenvalue weighted by Crippen LogP contribution is -2.32. The standard InChI is InChI=1S/C22H25F2N5O/c1-2-9-28-21-18(26-19(27-21)13-5-3-4-6-13)20-25-16(12-29(20)22(28)30)11-14-10-15(23)7-8-17(14)24/h7-8,10,13,16,25H,2-6,9,11-12H2,1H3. The van der Waals surface area contributed by atoms with E-state index in [2.05, 4.69) is 5.32 Å². The second-order valence-electron chi connectivity index (χ2n) is 8.41. The summed E-state index contributed by atoms with van der Waals surface area (Å²) in [4.78, 5) is 22.8. The number of hydrogen-bond donors (Lipinski definition) is 1. The number of anilines is 1. The average molecular weight is 413 g/mol. The minimum atomic E-state index is -0.467. The van der Waals surface area contributed by atoms with E-state index in [1.54, 1.807) is 9.13 Å². The van der Waals surface area contributed by atoms with Crippen LogP contribution in [0.2, 0.25) is 0 Å². The highest BCUT2D eigenvalue weighted by atomic mass is 19.1. The van der Waals surface area contributed by atoms with Gasteiger partial charge in [-0.15, -0.1) is 0 Å². The zero-order valence-electron chi connectivity index (χ0n) is 17.0. The fourth-order valence-corrected chi connectivity index (χ4v) is 4.81. The molecule has 0 spiro atoms. The number of benzene rings is 1. The number of halogens is 2. The van der Waals surface area contributed by atoms with Crippen LogP contribution in [0.3, 0.4) is 0 Å². The number of rotatable bonds is 5. The van der Waals surface area contributed by atoms with E-state index in [0.717, 1.165) is 37.2 Å². The summed E-state index contributed by atoms with van der Waals surface area (Å²) in [5.41, 5.74) is 0.866. The largest absolute Gasteiger partial charge is 0.365 e. The zero-order chi connectivity index (χ0) is 20.8. The Hall–Kier alpha value is -2.77. The third-order valence-electron chi connectivity index (χ3n) is 6.26. The van der Waals surface area contributed by atoms with Crippen molar-refractivity contribution in [2.45, 2.75) is 70.5 Å². The molecule has 1 saturated carbocycles. The fourth-order valence-electron chi connectivity index (χ4n) is 4.81. The highest BCUT2D eigenvalue weighted by Gasteiger charge is 2.33. The van der Waals surface area contributed by atoms with Crippen molar-refractivity contribution in [3.63, 3.8) is 0 Å². The summed E-state index contributed by atoms with van der Waals surface area (Å²) in [6.07, 6.45) is 5.62. The maximum atomic E-state index is 14.1. The van der Waals surface area contributed by atoms with E-state index >= 15 is 0 Å². The first-order chi connectivity index (χ1) is 14.5. The molecule has 1 atom stereocenters. The summed E-state index contributed by atoms with van der Waals surface area (Å²) in [6, 6.07) is 3.25. The molecule has 0 bridgehead atoms. The molecule has 5 rings (SSSR count). The monoisotopic (exact) mass is 413 g/mol. The van der Waals surface area contributed by atoms with Crippen LogP contribution >= 0.6 is 0 Å². The van der Waals surface area contributed by atoms with Crippen LogP contribution in [0.1, 0.15) is 56.3 Å². The van der Waals surface area contributed by atoms with Crippen LogP contribution in [0.4, 0.5) is 14.6 Å². The van der Waals surface area contributed by atoms with Gasteiger partial charge in [-0.05, 0) is 49.4 Å². The minimum Gasteiger partial charge on any atom is -0.365 e. The molecule has 0 radical (unpaired) electrons. The van der Waals surface area contributed by atoms with Gasteiger partial charge in [0, 0.05) is 25.0 Å². The maximum absolute atomic E-state index is 14.1. The first-order valence-corrected chi connectivity index (χ1v) is 10.8. The Morgan fingerprint density at radius 1 is 1.20 bits per heavy atom. The van der Waals surface area contributed by atoms with Gasteiger partial charge >= 0.3 is 5.69 Å². The van der Waals surface area contributed by atoms with Crippen LogP contribution in [0, 0.1) is 11.6 Å². The quantitative estimate of drug-likeness (QED) is 0.689. The van der Waals surface area contributed by atoms with Gasteiger partial charge in [0.1, 0.15) is 29.0 Å². The van der Waals surface area contributed by atoms with Crippen LogP contribution < -0.4 is 11.0 Å². The smallest absolute Gasteiger partial charge is 0.331 e. The lowest BCUT2D eigenvalue weighted by Gasteiger charge is -2.13. The van der Waals surface area contributed by atoms with E-state index < -0.39 is 11.6 Å². The molecular formula is C22H25F2N5O. The summed E-state index contributed by atoms with van der Waals surface area (Å²) < 4.78 is 31.1. The van der Waals surface area contributed by atoms with E-state index in [-0.39, 0.29) is 18.2 Å². The third-order valence-corrected chi connectivity index (χ3v) is 6.26. The van der Waals surface area contributed by atoms with Crippen molar-refractivity contribution >= 4 is 5.82 Å². The van der Waals surface area contributed by atoms with Crippen molar-refractivity contribution in [2.75, 3.05) is 5.32 Å². The average Bonchev–Trinajstić information content (AvgIpc) is 3.46. The van der Waals surface area contributed by atoms with Crippen molar-refractivity contribution in [3.8, 4) is 11.5 Å². The van der Waals surface area contributed by atoms with Crippen molar-refractivity contribution < 1.29 is 8.78 Å². The first kappa shape index (κ1) is 19.2. The predicted octanol–water partition coefficient (Wildman–Crippen LogP) is 3.93. The summed E-state index contributed by atoms with van der Waals surface area (Å²) in [5, 5.41) is 3.34. The molecule has 1 aliphatic carbocycles. The molecule has 0 amide bonds. The predicted molar refractivity (Wildman–Crippen MR) is 110 cm³/mol. The summed E-state index contributed by atoms with van der Waals surface area (Å²) in [7, 11) is 0. The minimum absolute atomic E-state index is 0.132. The molecule has 1 fully saturated rings. The highest BCUT2D eigenvalue weighted by molar-refractivity contribution is 5.70. The van der Waals surface area contributed by atoms with E-state index in [1.165, 1.54) is 18.9 Å². The zero-order valence-corrected chi connectivity index (χ0v) is 17.0. The normalized spacial score (nSPS) is 18.8. The number of hydrogen-bond acceptors (Lipinski definition) is 4. The molecule has 1 aromatic rings. The fraction of sp³-hybridized carbons (Fsp3) is 0.500. The first-order valence-electron chi connectivity index (χ1n) is 10.8. The lowest BCUT2D eigenvalue weighted by molar-refractivity contribution is 0.544. The Bertz CT molecular complexity index is 1120. The van der Waals surface area contributed by atoms with E-state index in [1.807, 2.05) is 6.92 Å². The topological polar surface area (TPSA) is 64.7 Å². The van der Waals surface area contributed by atoms with Gasteiger partial charge in [0.15, 0.2) is 5.82 Å². The van der Waals surface area contributed by atoms with Crippen molar-refractivity contribution in [1.82, 2.24) is 19.1 Å². The van der Waals surface area contributed by atoms with Gasteiger partial charge in [-0.2, -0.15) is 0 Å². The molecule has 0 saturated heterocycles. The molecule has 4 aliphatic rings. The van der Waals surface area contributed by atoms with Crippen LogP contribution in [-0.4, -0.2) is 25.1 Å². The van der Waals surface area contributed by atoms with Gasteiger partial charge in [-0.25, -0.2) is 23.5 Å². The Morgan fingerprint density at radius 2 is 2.00 bits per heavy atom. The Balaban J connectivity index is 1.54. The van der Waals surface area contributed by atoms with E-state index in [9.17, 15) is 13.6 Å². The molecule has 30 heavy (non-hydrogen) atoms. The number of aromatic nitrogens is 4. The van der Waals surface area contributed by atoms with Gasteiger partial charge in [0.2, 0.25) is 0 Å². The number of nitrogens with one attached hydrogen (secondary N) is 1. The second kappa shape index (κ2) is 7.49. The summed E-state index contributed by atoms with van der Waals surface area (Å²) >= 11 is 0. The SMILES string of the molecule is CCCn1c2nc(C3CCCC3)nc-2c2n(c1=O)CC(Cc1cc(F)ccc1F)N2. The highest BCUT2D eigenvalue weighted by Crippen LogP contribution is 2.37. The molecule has 1 N–H and O–H groups in total. The number of imidazole rings is 1. The summed E-state index contributed by atoms with van der Waals surface area (Å²) in [6.45, 7) is 2.98. The molecule has 8 heteroatoms. The second-order valence-corrected chi connectivity index (χ2v) is 8.41. The van der Waals surface area contributed by atoms with Crippen LogP contribution in [0.25, 0.3) is 11.5 Å². The molecule has 1 aromatic carbocycles. The van der Waals surface area contributed by atoms with Gasteiger partial charge in [-0.3, -0.25) is 9.13 Å². The molecule has 6 nitrogen and oxygen atoms in total. The van der Waals surface area contributed by atoms with Crippen LogP contribution in [0.5, 0.6) is 0 Å². The number of nitrogens with zero attached hydrogens (tertiary/aromatic N) is 4. The Kier molecular flexibility index (Phi) is 4.79. The molecule has 3 aliphatic heterocycles. The van der Waals surface area contributed by atoms with Crippen molar-refractivity contribution in [3.05, 3.63) is 51.7 Å². The Morgan fingerprint density at radius 3 is 2.77 bits per heavy atom. The van der Waals surface area contributed by atoms with Crippen molar-refractivity contribution in [1.29, 1.82) is 0 Å². The van der Waals surface area contributed by atoms with Gasteiger partial charge in [-0.1, -0.05) is 19.8 Å². The van der Waals surface area contributed by atoms with Gasteiger partial charge < -0.3 is 5.32 Å². The van der Waals surface area contributed by atoms with Gasteiger partial charge in [0.05, 0.1) is 0 Å². The molecule has 3 heterocycles. The van der Waals surface area contributed by atoms with E-state index in [0.29, 0.717) is 41.9 Å². The van der Waals surface area contributed by atoms with Gasteiger partial charge in [0.25, 0.3) is 0 Å². The maximum Gasteiger partial charge on any atom is 0.331 e. The Labute approximate surface area is 173 Å². The van der Waals surface area contributed by atoms with Crippen molar-refractivity contribution in [2.24, 2.45) is 0 Å². The molecule has 158 valence electrons. The van der Waals surface area contributed by atoms with Crippen LogP contribution in [0.15, 0.2) is 23.0 Å².